The molecular weight excluding hydrogens is 270 g/mol. The second-order valence-corrected chi connectivity index (χ2v) is 5.58. The molecule has 1 saturated carbocycles. The normalized spacial score (nSPS) is 15.0. The third-order valence-electron chi connectivity index (χ3n) is 4.04. The van der Waals surface area contributed by atoms with E-state index < -0.39 is 4.92 Å². The molecule has 0 unspecified atom stereocenters. The zero-order valence-corrected chi connectivity index (χ0v) is 12.0. The third-order valence-corrected chi connectivity index (χ3v) is 4.04. The molecule has 0 radical (unpaired) electrons. The number of non-ortho nitro benzene ring substituents is 1. The van der Waals surface area contributed by atoms with E-state index in [9.17, 15) is 14.9 Å². The Hall–Kier alpha value is -2.11. The molecule has 6 nitrogen and oxygen atoms in total. The summed E-state index contributed by atoms with van der Waals surface area (Å²) in [6.45, 7) is 0.581. The highest BCUT2D eigenvalue weighted by atomic mass is 16.6. The van der Waals surface area contributed by atoms with Crippen LogP contribution in [0.1, 0.15) is 48.9 Å². The molecule has 0 spiro atoms. The van der Waals surface area contributed by atoms with Crippen molar-refractivity contribution >= 4 is 17.3 Å². The molecule has 1 fully saturated rings. The van der Waals surface area contributed by atoms with E-state index in [-0.39, 0.29) is 22.8 Å². The average molecular weight is 291 g/mol. The minimum absolute atomic E-state index is 0.125. The number of hydrogen-bond donors (Lipinski definition) is 2. The van der Waals surface area contributed by atoms with Gasteiger partial charge in [-0.3, -0.25) is 14.9 Å². The van der Waals surface area contributed by atoms with Crippen molar-refractivity contribution < 1.29 is 9.72 Å². The molecule has 6 heteroatoms. The molecular formula is C15H21N3O3. The van der Waals surface area contributed by atoms with Crippen LogP contribution >= 0.6 is 0 Å². The van der Waals surface area contributed by atoms with Gasteiger partial charge in [-0.25, -0.2) is 0 Å². The molecule has 1 aromatic carbocycles. The van der Waals surface area contributed by atoms with Crippen molar-refractivity contribution in [3.05, 3.63) is 33.9 Å². The number of rotatable bonds is 6. The van der Waals surface area contributed by atoms with Gasteiger partial charge in [-0.05, 0) is 24.8 Å². The van der Waals surface area contributed by atoms with Crippen LogP contribution in [-0.4, -0.2) is 17.4 Å². The Bertz CT molecular complexity index is 525. The number of amides is 1. The number of carbonyl (C=O) groups excluding carboxylic acids is 1. The number of nitrogens with zero attached hydrogens (tertiary/aromatic N) is 1. The summed E-state index contributed by atoms with van der Waals surface area (Å²) < 4.78 is 0. The van der Waals surface area contributed by atoms with Gasteiger partial charge in [0.2, 0.25) is 0 Å². The molecule has 1 aliphatic carbocycles. The Balaban J connectivity index is 1.84. The van der Waals surface area contributed by atoms with E-state index >= 15 is 0 Å². The average Bonchev–Trinajstić information content (AvgIpc) is 2.96. The maximum Gasteiger partial charge on any atom is 0.270 e. The first-order valence-electron chi connectivity index (χ1n) is 7.40. The van der Waals surface area contributed by atoms with Crippen LogP contribution < -0.4 is 11.1 Å². The van der Waals surface area contributed by atoms with E-state index in [2.05, 4.69) is 5.32 Å². The van der Waals surface area contributed by atoms with Crippen LogP contribution in [0.4, 0.5) is 11.4 Å². The zero-order chi connectivity index (χ0) is 15.2. The Morgan fingerprint density at radius 3 is 2.76 bits per heavy atom. The van der Waals surface area contributed by atoms with Gasteiger partial charge in [-0.1, -0.05) is 25.7 Å². The SMILES string of the molecule is Nc1ccc([N+](=O)[O-])cc1C(=O)NCCCC1CCCC1. The molecule has 114 valence electrons. The largest absolute Gasteiger partial charge is 0.398 e. The number of nitro groups is 1. The van der Waals surface area contributed by atoms with Gasteiger partial charge in [0.25, 0.3) is 11.6 Å². The van der Waals surface area contributed by atoms with Crippen molar-refractivity contribution in [2.24, 2.45) is 5.92 Å². The van der Waals surface area contributed by atoms with Crippen LogP contribution in [0.2, 0.25) is 0 Å². The smallest absolute Gasteiger partial charge is 0.270 e. The lowest BCUT2D eigenvalue weighted by Crippen LogP contribution is -2.25. The first-order chi connectivity index (χ1) is 10.1. The molecule has 1 aliphatic rings. The molecule has 0 heterocycles. The summed E-state index contributed by atoms with van der Waals surface area (Å²) in [5.41, 5.74) is 6.02. The second-order valence-electron chi connectivity index (χ2n) is 5.58. The van der Waals surface area contributed by atoms with Gasteiger partial charge in [-0.15, -0.1) is 0 Å². The highest BCUT2D eigenvalue weighted by Gasteiger charge is 2.16. The number of nitrogens with one attached hydrogen (secondary N) is 1. The van der Waals surface area contributed by atoms with E-state index in [0.29, 0.717) is 6.54 Å². The van der Waals surface area contributed by atoms with Crippen molar-refractivity contribution in [1.82, 2.24) is 5.32 Å². The molecule has 0 bridgehead atoms. The summed E-state index contributed by atoms with van der Waals surface area (Å²) in [5.74, 6) is 0.451. The number of anilines is 1. The number of nitrogen functional groups attached to an aromatic ring is 1. The van der Waals surface area contributed by atoms with E-state index in [1.165, 1.54) is 43.9 Å². The van der Waals surface area contributed by atoms with E-state index in [1.54, 1.807) is 0 Å². The standard InChI is InChI=1S/C15H21N3O3/c16-14-8-7-12(18(20)21)10-13(14)15(19)17-9-3-6-11-4-1-2-5-11/h7-8,10-11H,1-6,9,16H2,(H,17,19). The third kappa shape index (κ3) is 4.18. The topological polar surface area (TPSA) is 98.3 Å². The summed E-state index contributed by atoms with van der Waals surface area (Å²) >= 11 is 0. The summed E-state index contributed by atoms with van der Waals surface area (Å²) in [7, 11) is 0. The fourth-order valence-corrected chi connectivity index (χ4v) is 2.84. The van der Waals surface area contributed by atoms with E-state index in [1.807, 2.05) is 0 Å². The van der Waals surface area contributed by atoms with Gasteiger partial charge in [0.05, 0.1) is 10.5 Å². The maximum atomic E-state index is 12.0. The molecule has 0 aromatic heterocycles. The number of carbonyl (C=O) groups is 1. The number of nitrogens with two attached hydrogens (primary N) is 1. The minimum Gasteiger partial charge on any atom is -0.398 e. The lowest BCUT2D eigenvalue weighted by atomic mass is 10.0. The summed E-state index contributed by atoms with van der Waals surface area (Å²) in [4.78, 5) is 22.2. The highest BCUT2D eigenvalue weighted by molar-refractivity contribution is 5.99. The van der Waals surface area contributed by atoms with Crippen LogP contribution in [0.3, 0.4) is 0 Å². The molecule has 1 aromatic rings. The molecule has 0 aliphatic heterocycles. The Morgan fingerprint density at radius 1 is 1.38 bits per heavy atom. The van der Waals surface area contributed by atoms with Crippen LogP contribution in [0, 0.1) is 16.0 Å². The molecule has 0 atom stereocenters. The number of nitro benzene ring substituents is 1. The number of hydrogen-bond acceptors (Lipinski definition) is 4. The molecule has 0 saturated heterocycles. The monoisotopic (exact) mass is 291 g/mol. The molecule has 1 amide bonds. The van der Waals surface area contributed by atoms with Crippen LogP contribution in [0.15, 0.2) is 18.2 Å². The summed E-state index contributed by atoms with van der Waals surface area (Å²) in [6, 6.07) is 3.92. The lowest BCUT2D eigenvalue weighted by Gasteiger charge is -2.10. The van der Waals surface area contributed by atoms with Crippen LogP contribution in [0.25, 0.3) is 0 Å². The lowest BCUT2D eigenvalue weighted by molar-refractivity contribution is -0.384. The van der Waals surface area contributed by atoms with Gasteiger partial charge in [-0.2, -0.15) is 0 Å². The minimum atomic E-state index is -0.531. The van der Waals surface area contributed by atoms with E-state index in [4.69, 9.17) is 5.73 Å². The van der Waals surface area contributed by atoms with Gasteiger partial charge < -0.3 is 11.1 Å². The van der Waals surface area contributed by atoms with Crippen molar-refractivity contribution in [2.45, 2.75) is 38.5 Å². The Morgan fingerprint density at radius 2 is 2.10 bits per heavy atom. The summed E-state index contributed by atoms with van der Waals surface area (Å²) in [5, 5.41) is 13.5. The van der Waals surface area contributed by atoms with Crippen molar-refractivity contribution in [3.63, 3.8) is 0 Å². The highest BCUT2D eigenvalue weighted by Crippen LogP contribution is 2.28. The maximum absolute atomic E-state index is 12.0. The Kier molecular flexibility index (Phi) is 5.14. The van der Waals surface area contributed by atoms with Crippen molar-refractivity contribution in [3.8, 4) is 0 Å². The van der Waals surface area contributed by atoms with Gasteiger partial charge in [0.15, 0.2) is 0 Å². The fourth-order valence-electron chi connectivity index (χ4n) is 2.84. The molecule has 2 rings (SSSR count). The quantitative estimate of drug-likeness (QED) is 0.364. The van der Waals surface area contributed by atoms with Crippen molar-refractivity contribution in [1.29, 1.82) is 0 Å². The predicted octanol–water partition coefficient (Wildman–Crippen LogP) is 2.88. The van der Waals surface area contributed by atoms with Gasteiger partial charge in [0.1, 0.15) is 0 Å². The first-order valence-corrected chi connectivity index (χ1v) is 7.40. The van der Waals surface area contributed by atoms with Crippen LogP contribution in [-0.2, 0) is 0 Å². The van der Waals surface area contributed by atoms with Gasteiger partial charge >= 0.3 is 0 Å². The second kappa shape index (κ2) is 7.06. The predicted molar refractivity (Wildman–Crippen MR) is 81.0 cm³/mol. The molecule has 3 N–H and O–H groups in total. The van der Waals surface area contributed by atoms with E-state index in [0.717, 1.165) is 18.8 Å². The first kappa shape index (κ1) is 15.3. The number of benzene rings is 1. The zero-order valence-electron chi connectivity index (χ0n) is 12.0. The van der Waals surface area contributed by atoms with Gasteiger partial charge in [0, 0.05) is 24.4 Å². The fraction of sp³-hybridized carbons (Fsp3) is 0.533. The van der Waals surface area contributed by atoms with Crippen molar-refractivity contribution in [2.75, 3.05) is 12.3 Å². The Labute approximate surface area is 123 Å². The van der Waals surface area contributed by atoms with Crippen LogP contribution in [0.5, 0.6) is 0 Å². The summed E-state index contributed by atoms with van der Waals surface area (Å²) in [6.07, 6.45) is 7.30. The molecule has 21 heavy (non-hydrogen) atoms.